The molecule has 2 rings (SSSR count). The van der Waals surface area contributed by atoms with E-state index in [1.54, 1.807) is 17.5 Å². The van der Waals surface area contributed by atoms with E-state index in [2.05, 4.69) is 20.6 Å². The predicted molar refractivity (Wildman–Crippen MR) is 63.6 cm³/mol. The van der Waals surface area contributed by atoms with E-state index in [-0.39, 0.29) is 6.04 Å². The van der Waals surface area contributed by atoms with Gasteiger partial charge in [0.1, 0.15) is 5.82 Å². The Morgan fingerprint density at radius 1 is 1.62 bits per heavy atom. The Balaban J connectivity index is 2.15. The number of hydrazine groups is 1. The molecule has 0 aliphatic heterocycles. The summed E-state index contributed by atoms with van der Waals surface area (Å²) in [7, 11) is 0. The Hall–Kier alpha value is -1.44. The monoisotopic (exact) mass is 238 g/mol. The first kappa shape index (κ1) is 11.1. The highest BCUT2D eigenvalue weighted by atomic mass is 32.1. The van der Waals surface area contributed by atoms with E-state index in [9.17, 15) is 0 Å². The summed E-state index contributed by atoms with van der Waals surface area (Å²) < 4.78 is 0. The molecule has 0 saturated heterocycles. The molecule has 7 heteroatoms. The molecule has 0 saturated carbocycles. The van der Waals surface area contributed by atoms with Crippen molar-refractivity contribution in [2.75, 3.05) is 5.73 Å². The molecule has 86 valence electrons. The zero-order valence-corrected chi connectivity index (χ0v) is 9.71. The van der Waals surface area contributed by atoms with Gasteiger partial charge in [-0.2, -0.15) is 5.10 Å². The van der Waals surface area contributed by atoms with Crippen LogP contribution in [0.25, 0.3) is 0 Å². The van der Waals surface area contributed by atoms with Gasteiger partial charge in [-0.3, -0.25) is 16.4 Å². The van der Waals surface area contributed by atoms with Crippen LogP contribution in [0.5, 0.6) is 0 Å². The van der Waals surface area contributed by atoms with Gasteiger partial charge in [-0.1, -0.05) is 0 Å². The van der Waals surface area contributed by atoms with E-state index >= 15 is 0 Å². The second kappa shape index (κ2) is 4.60. The largest absolute Gasteiger partial charge is 0.384 e. The van der Waals surface area contributed by atoms with Gasteiger partial charge >= 0.3 is 0 Å². The van der Waals surface area contributed by atoms with Gasteiger partial charge in [0.15, 0.2) is 0 Å². The molecule has 0 aliphatic rings. The summed E-state index contributed by atoms with van der Waals surface area (Å²) in [6.07, 6.45) is 2.38. The number of hydrogen-bond donors (Lipinski definition) is 4. The van der Waals surface area contributed by atoms with E-state index in [1.807, 2.05) is 12.3 Å². The lowest BCUT2D eigenvalue weighted by Crippen LogP contribution is -2.30. The average molecular weight is 238 g/mol. The first-order valence-corrected chi connectivity index (χ1v) is 5.74. The summed E-state index contributed by atoms with van der Waals surface area (Å²) >= 11 is 1.62. The maximum absolute atomic E-state index is 5.74. The van der Waals surface area contributed by atoms with Crippen LogP contribution in [0.15, 0.2) is 11.6 Å². The second-order valence-electron chi connectivity index (χ2n) is 3.52. The maximum atomic E-state index is 5.74. The third-order valence-corrected chi connectivity index (χ3v) is 3.18. The first-order valence-electron chi connectivity index (χ1n) is 4.86. The van der Waals surface area contributed by atoms with E-state index < -0.39 is 0 Å². The van der Waals surface area contributed by atoms with E-state index in [4.69, 9.17) is 11.6 Å². The van der Waals surface area contributed by atoms with Gasteiger partial charge in [0.2, 0.25) is 0 Å². The number of nitrogens with two attached hydrogens (primary N) is 2. The molecule has 6 nitrogen and oxygen atoms in total. The zero-order valence-electron chi connectivity index (χ0n) is 8.90. The van der Waals surface area contributed by atoms with Crippen molar-refractivity contribution in [1.82, 2.24) is 20.6 Å². The molecule has 0 spiro atoms. The highest BCUT2D eigenvalue weighted by Gasteiger charge is 2.16. The van der Waals surface area contributed by atoms with Crippen LogP contribution < -0.4 is 17.0 Å². The summed E-state index contributed by atoms with van der Waals surface area (Å²) in [6.45, 7) is 1.98. The molecule has 6 N–H and O–H groups in total. The van der Waals surface area contributed by atoms with E-state index in [0.717, 1.165) is 16.3 Å². The van der Waals surface area contributed by atoms with Gasteiger partial charge in [-0.15, -0.1) is 11.3 Å². The van der Waals surface area contributed by atoms with Gasteiger partial charge in [-0.05, 0) is 6.92 Å². The number of rotatable bonds is 4. The van der Waals surface area contributed by atoms with E-state index in [1.165, 1.54) is 0 Å². The highest BCUT2D eigenvalue weighted by Crippen LogP contribution is 2.21. The summed E-state index contributed by atoms with van der Waals surface area (Å²) in [5.41, 5.74) is 10.3. The molecular weight excluding hydrogens is 224 g/mol. The zero-order chi connectivity index (χ0) is 11.5. The van der Waals surface area contributed by atoms with Crippen molar-refractivity contribution in [2.45, 2.75) is 19.4 Å². The molecule has 0 aromatic carbocycles. The fraction of sp³-hybridized carbons (Fsp3) is 0.333. The SMILES string of the molecule is Cc1nc(CC(NN)c2cn[nH]c2N)cs1. The molecule has 16 heavy (non-hydrogen) atoms. The number of nitrogens with zero attached hydrogens (tertiary/aromatic N) is 2. The minimum atomic E-state index is -0.0692. The van der Waals surface area contributed by atoms with Crippen LogP contribution in [0.1, 0.15) is 22.3 Å². The van der Waals surface area contributed by atoms with Crippen molar-refractivity contribution in [1.29, 1.82) is 0 Å². The minimum absolute atomic E-state index is 0.0692. The standard InChI is InChI=1S/C9H14N6S/c1-5-13-6(4-16-5)2-8(14-11)7-3-12-15-9(7)10/h3-4,8,14H,2,11H2,1H3,(H3,10,12,15). The molecule has 1 unspecified atom stereocenters. The minimum Gasteiger partial charge on any atom is -0.384 e. The van der Waals surface area contributed by atoms with Crippen molar-refractivity contribution < 1.29 is 0 Å². The summed E-state index contributed by atoms with van der Waals surface area (Å²) in [4.78, 5) is 4.39. The number of nitrogens with one attached hydrogen (secondary N) is 2. The Morgan fingerprint density at radius 2 is 2.44 bits per heavy atom. The second-order valence-corrected chi connectivity index (χ2v) is 4.58. The molecule has 0 radical (unpaired) electrons. The number of thiazole rings is 1. The van der Waals surface area contributed by atoms with Crippen molar-refractivity contribution in [2.24, 2.45) is 5.84 Å². The Morgan fingerprint density at radius 3 is 2.94 bits per heavy atom. The molecule has 0 bridgehead atoms. The summed E-state index contributed by atoms with van der Waals surface area (Å²) in [6, 6.07) is -0.0692. The predicted octanol–water partition coefficient (Wildman–Crippen LogP) is 0.504. The number of aromatic amines is 1. The quantitative estimate of drug-likeness (QED) is 0.458. The number of hydrogen-bond acceptors (Lipinski definition) is 6. The van der Waals surface area contributed by atoms with Gasteiger partial charge < -0.3 is 5.73 Å². The molecule has 1 atom stereocenters. The van der Waals surface area contributed by atoms with Crippen LogP contribution >= 0.6 is 11.3 Å². The van der Waals surface area contributed by atoms with Crippen LogP contribution in [0.3, 0.4) is 0 Å². The first-order chi connectivity index (χ1) is 7.70. The maximum Gasteiger partial charge on any atom is 0.123 e. The van der Waals surface area contributed by atoms with Crippen molar-refractivity contribution >= 4 is 17.2 Å². The number of nitrogen functional groups attached to an aromatic ring is 1. The number of H-pyrrole nitrogens is 1. The molecule has 2 heterocycles. The topological polar surface area (TPSA) is 106 Å². The molecule has 0 fully saturated rings. The fourth-order valence-electron chi connectivity index (χ4n) is 1.55. The molecule has 0 amide bonds. The van der Waals surface area contributed by atoms with Crippen LogP contribution in [0.4, 0.5) is 5.82 Å². The third kappa shape index (κ3) is 2.21. The summed E-state index contributed by atoms with van der Waals surface area (Å²) in [5.74, 6) is 6.05. The van der Waals surface area contributed by atoms with Crippen molar-refractivity contribution in [3.63, 3.8) is 0 Å². The lowest BCUT2D eigenvalue weighted by atomic mass is 10.1. The van der Waals surface area contributed by atoms with Crippen LogP contribution in [-0.2, 0) is 6.42 Å². The average Bonchev–Trinajstić information content (AvgIpc) is 2.84. The number of anilines is 1. The van der Waals surface area contributed by atoms with Crippen LogP contribution in [0.2, 0.25) is 0 Å². The van der Waals surface area contributed by atoms with Crippen molar-refractivity contribution in [3.8, 4) is 0 Å². The Kier molecular flexibility index (Phi) is 3.18. The molecule has 2 aromatic heterocycles. The fourth-order valence-corrected chi connectivity index (χ4v) is 2.18. The molecule has 2 aromatic rings. The molecule has 0 aliphatic carbocycles. The third-order valence-electron chi connectivity index (χ3n) is 2.36. The number of aromatic nitrogens is 3. The lowest BCUT2D eigenvalue weighted by molar-refractivity contribution is 0.548. The van der Waals surface area contributed by atoms with Gasteiger partial charge in [0, 0.05) is 17.4 Å². The summed E-state index contributed by atoms with van der Waals surface area (Å²) in [5, 5.41) is 9.63. The van der Waals surface area contributed by atoms with Gasteiger partial charge in [-0.25, -0.2) is 4.98 Å². The van der Waals surface area contributed by atoms with Gasteiger partial charge in [0.05, 0.1) is 22.9 Å². The van der Waals surface area contributed by atoms with E-state index in [0.29, 0.717) is 12.2 Å². The highest BCUT2D eigenvalue weighted by molar-refractivity contribution is 7.09. The normalized spacial score (nSPS) is 12.9. The number of aryl methyl sites for hydroxylation is 1. The smallest absolute Gasteiger partial charge is 0.123 e. The van der Waals surface area contributed by atoms with Crippen LogP contribution in [0, 0.1) is 6.92 Å². The Bertz CT molecular complexity index is 462. The van der Waals surface area contributed by atoms with Crippen LogP contribution in [-0.4, -0.2) is 15.2 Å². The van der Waals surface area contributed by atoms with Crippen molar-refractivity contribution in [3.05, 3.63) is 27.8 Å². The molecular formula is C9H14N6S. The van der Waals surface area contributed by atoms with Gasteiger partial charge in [0.25, 0.3) is 0 Å². The lowest BCUT2D eigenvalue weighted by Gasteiger charge is -2.13. The Labute approximate surface area is 97.0 Å².